The molecule has 7 heteroatoms. The predicted molar refractivity (Wildman–Crippen MR) is 68.3 cm³/mol. The molecule has 0 radical (unpaired) electrons. The van der Waals surface area contributed by atoms with Gasteiger partial charge >= 0.3 is 11.7 Å². The fraction of sp³-hybridized carbons (Fsp3) is 0.364. The third-order valence-electron chi connectivity index (χ3n) is 2.56. The van der Waals surface area contributed by atoms with Crippen molar-refractivity contribution < 1.29 is 9.53 Å². The van der Waals surface area contributed by atoms with Crippen LogP contribution in [0, 0.1) is 0 Å². The molecule has 0 saturated heterocycles. The summed E-state index contributed by atoms with van der Waals surface area (Å²) in [7, 11) is 1.25. The average molecular weight is 268 g/mol. The van der Waals surface area contributed by atoms with Gasteiger partial charge in [0, 0.05) is 11.9 Å². The Bertz CT molecular complexity index is 710. The predicted octanol–water partition coefficient (Wildman–Crippen LogP) is 0.948. The highest BCUT2D eigenvalue weighted by atomic mass is 32.1. The van der Waals surface area contributed by atoms with Crippen LogP contribution >= 0.6 is 11.3 Å². The molecule has 2 aromatic heterocycles. The first-order valence-electron chi connectivity index (χ1n) is 5.42. The molecular weight excluding hydrogens is 256 g/mol. The van der Waals surface area contributed by atoms with E-state index in [0.717, 1.165) is 6.42 Å². The Labute approximate surface area is 106 Å². The lowest BCUT2D eigenvalue weighted by molar-refractivity contribution is 0.0603. The first-order chi connectivity index (χ1) is 8.60. The van der Waals surface area contributed by atoms with E-state index in [4.69, 9.17) is 0 Å². The van der Waals surface area contributed by atoms with Crippen molar-refractivity contribution >= 4 is 27.5 Å². The van der Waals surface area contributed by atoms with E-state index in [1.807, 2.05) is 6.92 Å². The van der Waals surface area contributed by atoms with E-state index in [1.54, 1.807) is 0 Å². The lowest BCUT2D eigenvalue weighted by Gasteiger charge is -2.04. The number of aryl methyl sites for hydroxylation is 1. The lowest BCUT2D eigenvalue weighted by Crippen LogP contribution is -2.30. The molecule has 18 heavy (non-hydrogen) atoms. The number of aromatic amines is 1. The Morgan fingerprint density at radius 1 is 1.50 bits per heavy atom. The molecule has 0 atom stereocenters. The van der Waals surface area contributed by atoms with Crippen molar-refractivity contribution in [2.75, 3.05) is 7.11 Å². The number of carbonyl (C=O) groups is 1. The van der Waals surface area contributed by atoms with Gasteiger partial charge in [-0.25, -0.2) is 9.59 Å². The Morgan fingerprint density at radius 3 is 2.83 bits per heavy atom. The van der Waals surface area contributed by atoms with Gasteiger partial charge < -0.3 is 4.74 Å². The molecule has 96 valence electrons. The van der Waals surface area contributed by atoms with Crippen LogP contribution in [0.15, 0.2) is 15.0 Å². The minimum absolute atomic E-state index is 0.198. The molecule has 0 saturated carbocycles. The maximum Gasteiger partial charge on any atom is 0.339 e. The maximum absolute atomic E-state index is 11.8. The second-order valence-electron chi connectivity index (χ2n) is 3.73. The van der Waals surface area contributed by atoms with Crippen LogP contribution in [0.4, 0.5) is 0 Å². The monoisotopic (exact) mass is 268 g/mol. The van der Waals surface area contributed by atoms with Gasteiger partial charge in [0.05, 0.1) is 18.1 Å². The summed E-state index contributed by atoms with van der Waals surface area (Å²) in [5.74, 6) is -0.576. The average Bonchev–Trinajstić information content (AvgIpc) is 2.78. The molecular formula is C11H12N2O4S. The van der Waals surface area contributed by atoms with Gasteiger partial charge in [0.2, 0.25) is 0 Å². The SMILES string of the molecule is CCCn1c(=O)[nH]c(=O)c2c(C(=O)OC)csc21. The van der Waals surface area contributed by atoms with Crippen molar-refractivity contribution in [1.29, 1.82) is 0 Å². The minimum Gasteiger partial charge on any atom is -0.465 e. The number of hydrogen-bond donors (Lipinski definition) is 1. The van der Waals surface area contributed by atoms with Crippen LogP contribution in [0.1, 0.15) is 23.7 Å². The van der Waals surface area contributed by atoms with E-state index in [0.29, 0.717) is 11.4 Å². The van der Waals surface area contributed by atoms with Crippen molar-refractivity contribution in [1.82, 2.24) is 9.55 Å². The highest BCUT2D eigenvalue weighted by molar-refractivity contribution is 7.17. The molecule has 0 unspecified atom stereocenters. The Kier molecular flexibility index (Phi) is 3.33. The zero-order valence-corrected chi connectivity index (χ0v) is 10.8. The van der Waals surface area contributed by atoms with Crippen molar-refractivity contribution in [3.8, 4) is 0 Å². The van der Waals surface area contributed by atoms with Gasteiger partial charge in [-0.15, -0.1) is 11.3 Å². The molecule has 0 aliphatic heterocycles. The number of methoxy groups -OCH3 is 1. The van der Waals surface area contributed by atoms with E-state index in [-0.39, 0.29) is 10.9 Å². The Hall–Kier alpha value is -1.89. The molecule has 0 aliphatic rings. The van der Waals surface area contributed by atoms with Crippen LogP contribution in [0.25, 0.3) is 10.2 Å². The number of hydrogen-bond acceptors (Lipinski definition) is 5. The van der Waals surface area contributed by atoms with E-state index in [1.165, 1.54) is 28.4 Å². The fourth-order valence-electron chi connectivity index (χ4n) is 1.77. The largest absolute Gasteiger partial charge is 0.465 e. The second-order valence-corrected chi connectivity index (χ2v) is 4.59. The summed E-state index contributed by atoms with van der Waals surface area (Å²) in [4.78, 5) is 37.7. The maximum atomic E-state index is 11.8. The van der Waals surface area contributed by atoms with Gasteiger partial charge in [-0.1, -0.05) is 6.92 Å². The standard InChI is InChI=1S/C11H12N2O4S/c1-3-4-13-9-7(8(14)12-11(13)16)6(5-18-9)10(15)17-2/h5H,3-4H2,1-2H3,(H,12,14,16). The van der Waals surface area contributed by atoms with Gasteiger partial charge in [-0.05, 0) is 6.42 Å². The van der Waals surface area contributed by atoms with E-state index < -0.39 is 17.2 Å². The number of fused-ring (bicyclic) bond motifs is 1. The van der Waals surface area contributed by atoms with E-state index in [2.05, 4.69) is 9.72 Å². The van der Waals surface area contributed by atoms with Gasteiger partial charge in [0.15, 0.2) is 0 Å². The van der Waals surface area contributed by atoms with Gasteiger partial charge in [0.25, 0.3) is 5.56 Å². The van der Waals surface area contributed by atoms with Crippen LogP contribution < -0.4 is 11.2 Å². The number of esters is 1. The van der Waals surface area contributed by atoms with Crippen molar-refractivity contribution in [2.24, 2.45) is 0 Å². The zero-order valence-electron chi connectivity index (χ0n) is 9.98. The smallest absolute Gasteiger partial charge is 0.339 e. The fourth-order valence-corrected chi connectivity index (χ4v) is 2.84. The number of carbonyl (C=O) groups excluding carboxylic acids is 1. The lowest BCUT2D eigenvalue weighted by atomic mass is 10.2. The Morgan fingerprint density at radius 2 is 2.22 bits per heavy atom. The highest BCUT2D eigenvalue weighted by Crippen LogP contribution is 2.22. The summed E-state index contributed by atoms with van der Waals surface area (Å²) in [5, 5.41) is 1.76. The van der Waals surface area contributed by atoms with Crippen LogP contribution in [-0.4, -0.2) is 22.6 Å². The van der Waals surface area contributed by atoms with Crippen molar-refractivity contribution in [3.63, 3.8) is 0 Å². The molecule has 0 aliphatic carbocycles. The molecule has 2 rings (SSSR count). The molecule has 0 spiro atoms. The topological polar surface area (TPSA) is 81.2 Å². The number of ether oxygens (including phenoxy) is 1. The third kappa shape index (κ3) is 1.86. The van der Waals surface area contributed by atoms with Gasteiger partial charge in [0.1, 0.15) is 4.83 Å². The molecule has 0 aromatic carbocycles. The molecule has 0 bridgehead atoms. The third-order valence-corrected chi connectivity index (χ3v) is 3.56. The summed E-state index contributed by atoms with van der Waals surface area (Å²) in [6.07, 6.45) is 0.756. The number of H-pyrrole nitrogens is 1. The number of nitrogens with zero attached hydrogens (tertiary/aromatic N) is 1. The van der Waals surface area contributed by atoms with Gasteiger partial charge in [-0.3, -0.25) is 14.3 Å². The quantitative estimate of drug-likeness (QED) is 0.840. The molecule has 0 fully saturated rings. The van der Waals surface area contributed by atoms with Crippen LogP contribution in [0.2, 0.25) is 0 Å². The van der Waals surface area contributed by atoms with Crippen LogP contribution in [0.5, 0.6) is 0 Å². The summed E-state index contributed by atoms with van der Waals surface area (Å²) < 4.78 is 6.08. The van der Waals surface area contributed by atoms with Crippen LogP contribution in [0.3, 0.4) is 0 Å². The summed E-state index contributed by atoms with van der Waals surface area (Å²) in [6, 6.07) is 0. The van der Waals surface area contributed by atoms with Crippen molar-refractivity contribution in [2.45, 2.75) is 19.9 Å². The number of aromatic nitrogens is 2. The van der Waals surface area contributed by atoms with Crippen molar-refractivity contribution in [3.05, 3.63) is 31.8 Å². The number of nitrogens with one attached hydrogen (secondary N) is 1. The van der Waals surface area contributed by atoms with Gasteiger partial charge in [-0.2, -0.15) is 0 Å². The molecule has 2 heterocycles. The summed E-state index contributed by atoms with van der Waals surface area (Å²) >= 11 is 1.19. The van der Waals surface area contributed by atoms with E-state index in [9.17, 15) is 14.4 Å². The zero-order chi connectivity index (χ0) is 13.3. The van der Waals surface area contributed by atoms with Crippen LogP contribution in [-0.2, 0) is 11.3 Å². The molecule has 2 aromatic rings. The molecule has 6 nitrogen and oxygen atoms in total. The first kappa shape index (κ1) is 12.6. The highest BCUT2D eigenvalue weighted by Gasteiger charge is 2.18. The summed E-state index contributed by atoms with van der Waals surface area (Å²) in [5.41, 5.74) is -0.805. The first-order valence-corrected chi connectivity index (χ1v) is 6.30. The normalized spacial score (nSPS) is 10.8. The van der Waals surface area contributed by atoms with E-state index >= 15 is 0 Å². The number of thiophene rings is 1. The number of rotatable bonds is 3. The molecule has 0 amide bonds. The minimum atomic E-state index is -0.576. The Balaban J connectivity index is 2.83. The second kappa shape index (κ2) is 4.77. The molecule has 1 N–H and O–H groups in total. The summed E-state index contributed by atoms with van der Waals surface area (Å²) in [6.45, 7) is 2.42.